The van der Waals surface area contributed by atoms with Crippen LogP contribution in [0.4, 0.5) is 8.78 Å². The van der Waals surface area contributed by atoms with Gasteiger partial charge in [0, 0.05) is 10.8 Å². The molecular weight excluding hydrogens is 322 g/mol. The molecular formula is C21H24F2S. The van der Waals surface area contributed by atoms with E-state index in [0.717, 1.165) is 35.6 Å². The highest BCUT2D eigenvalue weighted by Gasteiger charge is 2.16. The molecule has 3 aromatic rings. The number of hydrogen-bond acceptors (Lipinski definition) is 1. The Morgan fingerprint density at radius 1 is 0.958 bits per heavy atom. The van der Waals surface area contributed by atoms with Crippen LogP contribution < -0.4 is 0 Å². The van der Waals surface area contributed by atoms with Crippen molar-refractivity contribution in [1.29, 1.82) is 0 Å². The molecule has 0 N–H and O–H groups in total. The van der Waals surface area contributed by atoms with Crippen LogP contribution in [-0.2, 0) is 6.42 Å². The zero-order chi connectivity index (χ0) is 17.3. The molecule has 0 fully saturated rings. The van der Waals surface area contributed by atoms with E-state index < -0.39 is 0 Å². The average molecular weight is 346 g/mol. The van der Waals surface area contributed by atoms with Crippen LogP contribution >= 0.6 is 11.3 Å². The van der Waals surface area contributed by atoms with Gasteiger partial charge in [-0.1, -0.05) is 57.4 Å². The van der Waals surface area contributed by atoms with Crippen molar-refractivity contribution in [1.82, 2.24) is 0 Å². The van der Waals surface area contributed by atoms with Crippen LogP contribution in [0, 0.1) is 24.5 Å². The van der Waals surface area contributed by atoms with Crippen LogP contribution in [0.2, 0.25) is 0 Å². The summed E-state index contributed by atoms with van der Waals surface area (Å²) >= 11 is 1.24. The van der Waals surface area contributed by atoms with E-state index in [4.69, 9.17) is 0 Å². The Balaban J connectivity index is 1.90. The number of halogens is 2. The zero-order valence-corrected chi connectivity index (χ0v) is 15.4. The Morgan fingerprint density at radius 2 is 1.62 bits per heavy atom. The fraction of sp³-hybridized carbons (Fsp3) is 0.429. The Morgan fingerprint density at radius 3 is 2.33 bits per heavy atom. The summed E-state index contributed by atoms with van der Waals surface area (Å²) in [5, 5.41) is 1.65. The van der Waals surface area contributed by atoms with Gasteiger partial charge in [-0.25, -0.2) is 8.78 Å². The average Bonchev–Trinajstić information content (AvgIpc) is 2.94. The molecule has 0 amide bonds. The molecule has 1 atom stereocenters. The first kappa shape index (κ1) is 17.3. The van der Waals surface area contributed by atoms with Gasteiger partial charge in [-0.15, -0.1) is 11.3 Å². The fourth-order valence-corrected chi connectivity index (χ4v) is 4.70. The topological polar surface area (TPSA) is 0 Å². The first-order chi connectivity index (χ1) is 11.5. The second-order valence-electron chi connectivity index (χ2n) is 6.88. The molecule has 24 heavy (non-hydrogen) atoms. The molecule has 0 saturated carbocycles. The highest BCUT2D eigenvalue weighted by Crippen LogP contribution is 2.38. The molecule has 0 aliphatic heterocycles. The molecule has 128 valence electrons. The van der Waals surface area contributed by atoms with E-state index in [0.29, 0.717) is 20.9 Å². The molecule has 0 bridgehead atoms. The minimum atomic E-state index is -0.219. The third kappa shape index (κ3) is 3.19. The Kier molecular flexibility index (Phi) is 5.19. The second-order valence-corrected chi connectivity index (χ2v) is 7.90. The highest BCUT2D eigenvalue weighted by molar-refractivity contribution is 7.25. The smallest absolute Gasteiger partial charge is 0.144 e. The van der Waals surface area contributed by atoms with E-state index in [1.54, 1.807) is 13.0 Å². The van der Waals surface area contributed by atoms with Crippen LogP contribution in [0.3, 0.4) is 0 Å². The van der Waals surface area contributed by atoms with Crippen molar-refractivity contribution in [3.63, 3.8) is 0 Å². The number of thiophene rings is 1. The van der Waals surface area contributed by atoms with Crippen LogP contribution in [-0.4, -0.2) is 0 Å². The molecule has 1 aromatic heterocycles. The van der Waals surface area contributed by atoms with Gasteiger partial charge in [0.25, 0.3) is 0 Å². The molecule has 2 aromatic carbocycles. The molecule has 1 unspecified atom stereocenters. The summed E-state index contributed by atoms with van der Waals surface area (Å²) in [7, 11) is 0. The van der Waals surface area contributed by atoms with Gasteiger partial charge in [0.15, 0.2) is 0 Å². The molecule has 3 heteroatoms. The van der Waals surface area contributed by atoms with Crippen LogP contribution in [0.5, 0.6) is 0 Å². The lowest BCUT2D eigenvalue weighted by Crippen LogP contribution is -1.97. The van der Waals surface area contributed by atoms with Gasteiger partial charge in [0.05, 0.1) is 9.40 Å². The molecule has 0 aliphatic carbocycles. The summed E-state index contributed by atoms with van der Waals surface area (Å²) in [5.74, 6) is 0.320. The molecule has 0 aliphatic rings. The predicted molar refractivity (Wildman–Crippen MR) is 101 cm³/mol. The molecule has 0 nitrogen and oxygen atoms in total. The minimum absolute atomic E-state index is 0.158. The third-order valence-corrected chi connectivity index (χ3v) is 6.09. The molecule has 0 saturated heterocycles. The number of benzene rings is 2. The van der Waals surface area contributed by atoms with Crippen LogP contribution in [0.1, 0.15) is 50.7 Å². The normalized spacial score (nSPS) is 13.0. The quantitative estimate of drug-likeness (QED) is 0.436. The molecule has 0 radical (unpaired) electrons. The van der Waals surface area contributed by atoms with Crippen LogP contribution in [0.15, 0.2) is 24.3 Å². The fourth-order valence-electron chi connectivity index (χ4n) is 3.45. The summed E-state index contributed by atoms with van der Waals surface area (Å²) in [4.78, 5) is 0. The van der Waals surface area contributed by atoms with E-state index in [1.165, 1.54) is 24.2 Å². The van der Waals surface area contributed by atoms with E-state index >= 15 is 0 Å². The van der Waals surface area contributed by atoms with Gasteiger partial charge in [0.2, 0.25) is 0 Å². The van der Waals surface area contributed by atoms with Gasteiger partial charge in [-0.3, -0.25) is 0 Å². The minimum Gasteiger partial charge on any atom is -0.205 e. The summed E-state index contributed by atoms with van der Waals surface area (Å²) in [6.45, 7) is 6.21. The maximum Gasteiger partial charge on any atom is 0.144 e. The summed E-state index contributed by atoms with van der Waals surface area (Å²) in [6, 6.07) is 7.51. The van der Waals surface area contributed by atoms with E-state index in [1.807, 2.05) is 18.2 Å². The largest absolute Gasteiger partial charge is 0.205 e. The predicted octanol–water partition coefficient (Wildman–Crippen LogP) is 7.40. The molecule has 3 rings (SSSR count). The van der Waals surface area contributed by atoms with Crippen molar-refractivity contribution in [2.24, 2.45) is 5.92 Å². The van der Waals surface area contributed by atoms with Crippen molar-refractivity contribution in [2.75, 3.05) is 0 Å². The van der Waals surface area contributed by atoms with Gasteiger partial charge in [-0.2, -0.15) is 0 Å². The number of fused-ring (bicyclic) bond motifs is 3. The third-order valence-electron chi connectivity index (χ3n) is 4.89. The standard InChI is InChI=1S/C21H24F2S/c1-4-6-13(2)7-5-8-15-10-12-17-16-11-9-14(3)18(22)20(16)24-21(17)19(15)23/h9-13H,4-8H2,1-3H3. The van der Waals surface area contributed by atoms with E-state index in [2.05, 4.69) is 13.8 Å². The molecule has 0 spiro atoms. The highest BCUT2D eigenvalue weighted by atomic mass is 32.1. The Labute approximate surface area is 146 Å². The van der Waals surface area contributed by atoms with Gasteiger partial charge in [-0.05, 0) is 36.8 Å². The Bertz CT molecular complexity index is 863. The van der Waals surface area contributed by atoms with Crippen molar-refractivity contribution in [2.45, 2.75) is 52.9 Å². The first-order valence-corrected chi connectivity index (χ1v) is 9.63. The second kappa shape index (κ2) is 7.18. The van der Waals surface area contributed by atoms with Crippen molar-refractivity contribution < 1.29 is 8.78 Å². The number of hydrogen-bond donors (Lipinski definition) is 0. The van der Waals surface area contributed by atoms with Crippen molar-refractivity contribution in [3.05, 3.63) is 47.0 Å². The first-order valence-electron chi connectivity index (χ1n) is 8.81. The summed E-state index contributed by atoms with van der Waals surface area (Å²) in [5.41, 5.74) is 1.37. The summed E-state index contributed by atoms with van der Waals surface area (Å²) in [6.07, 6.45) is 5.32. The number of aryl methyl sites for hydroxylation is 2. The Hall–Kier alpha value is -1.48. The lowest BCUT2D eigenvalue weighted by Gasteiger charge is -2.10. The van der Waals surface area contributed by atoms with E-state index in [-0.39, 0.29) is 11.6 Å². The van der Waals surface area contributed by atoms with Gasteiger partial charge >= 0.3 is 0 Å². The number of rotatable bonds is 6. The van der Waals surface area contributed by atoms with Crippen molar-refractivity contribution in [3.8, 4) is 0 Å². The monoisotopic (exact) mass is 346 g/mol. The van der Waals surface area contributed by atoms with E-state index in [9.17, 15) is 8.78 Å². The molecule has 1 heterocycles. The van der Waals surface area contributed by atoms with Crippen LogP contribution in [0.25, 0.3) is 20.2 Å². The lowest BCUT2D eigenvalue weighted by molar-refractivity contribution is 0.467. The maximum atomic E-state index is 14.9. The van der Waals surface area contributed by atoms with Gasteiger partial charge in [0.1, 0.15) is 11.6 Å². The lowest BCUT2D eigenvalue weighted by atomic mass is 9.97. The maximum absolute atomic E-state index is 14.9. The van der Waals surface area contributed by atoms with Gasteiger partial charge < -0.3 is 0 Å². The van der Waals surface area contributed by atoms with Crippen molar-refractivity contribution >= 4 is 31.5 Å². The summed E-state index contributed by atoms with van der Waals surface area (Å²) < 4.78 is 30.4. The SMILES string of the molecule is CCCC(C)CCCc1ccc2c(sc3c(F)c(C)ccc32)c1F. The zero-order valence-electron chi connectivity index (χ0n) is 14.6.